The molecule has 74 valence electrons. The Balaban J connectivity index is 2.62. The Morgan fingerprint density at radius 2 is 2.06 bits per heavy atom. The second kappa shape index (κ2) is 3.46. The summed E-state index contributed by atoms with van der Waals surface area (Å²) in [6, 6.07) is 15.1. The summed E-state index contributed by atoms with van der Waals surface area (Å²) in [5.41, 5.74) is 1.86. The Morgan fingerprint density at radius 1 is 1.19 bits per heavy atom. The van der Waals surface area contributed by atoms with Crippen LogP contribution in [0.25, 0.3) is 27.8 Å². The van der Waals surface area contributed by atoms with Crippen LogP contribution in [-0.2, 0) is 0 Å². The summed E-state index contributed by atoms with van der Waals surface area (Å²) >= 11 is 0. The van der Waals surface area contributed by atoms with Crippen molar-refractivity contribution in [3.63, 3.8) is 0 Å². The molecule has 1 nitrogen and oxygen atoms in total. The highest BCUT2D eigenvalue weighted by molar-refractivity contribution is 6.08. The van der Waals surface area contributed by atoms with Crippen molar-refractivity contribution < 1.29 is 0 Å². The second-order valence-corrected chi connectivity index (χ2v) is 3.66. The van der Waals surface area contributed by atoms with Crippen LogP contribution in [0.2, 0.25) is 0 Å². The van der Waals surface area contributed by atoms with Crippen molar-refractivity contribution in [2.75, 3.05) is 0 Å². The normalized spacial score (nSPS) is 10.8. The number of hydrogen-bond donors (Lipinski definition) is 0. The third-order valence-corrected chi connectivity index (χ3v) is 2.75. The van der Waals surface area contributed by atoms with Crippen LogP contribution in [0.1, 0.15) is 5.56 Å². The van der Waals surface area contributed by atoms with E-state index in [1.807, 2.05) is 30.5 Å². The topological polar surface area (TPSA) is 12.9 Å². The van der Waals surface area contributed by atoms with E-state index in [0.29, 0.717) is 0 Å². The van der Waals surface area contributed by atoms with Crippen molar-refractivity contribution in [3.8, 4) is 0 Å². The van der Waals surface area contributed by atoms with E-state index in [1.54, 1.807) is 6.08 Å². The third kappa shape index (κ3) is 1.22. The van der Waals surface area contributed by atoms with Gasteiger partial charge in [-0.1, -0.05) is 43.0 Å². The molecule has 16 heavy (non-hydrogen) atoms. The summed E-state index contributed by atoms with van der Waals surface area (Å²) in [7, 11) is 0. The first-order valence-corrected chi connectivity index (χ1v) is 5.13. The molecular formula is C15H9N. The van der Waals surface area contributed by atoms with E-state index >= 15 is 0 Å². The van der Waals surface area contributed by atoms with E-state index in [2.05, 4.69) is 23.2 Å². The number of fused-ring (bicyclic) bond motifs is 3. The average Bonchev–Trinajstić information content (AvgIpc) is 2.37. The number of nitrogens with zero attached hydrogens (tertiary/aromatic N) is 1. The first-order chi connectivity index (χ1) is 7.90. The monoisotopic (exact) mass is 203 g/mol. The fourth-order valence-corrected chi connectivity index (χ4v) is 2.00. The van der Waals surface area contributed by atoms with Gasteiger partial charge in [0.1, 0.15) is 0 Å². The van der Waals surface area contributed by atoms with Crippen molar-refractivity contribution in [3.05, 3.63) is 60.8 Å². The summed E-state index contributed by atoms with van der Waals surface area (Å²) in [5, 5.41) is 3.36. The lowest BCUT2D eigenvalue weighted by molar-refractivity contribution is 1.44. The van der Waals surface area contributed by atoms with Gasteiger partial charge in [-0.25, -0.2) is 0 Å². The Hall–Kier alpha value is -2.15. The van der Waals surface area contributed by atoms with E-state index in [9.17, 15) is 0 Å². The highest BCUT2D eigenvalue weighted by Gasteiger charge is 2.03. The summed E-state index contributed by atoms with van der Waals surface area (Å²) in [6.07, 6.45) is 3.47. The minimum atomic E-state index is 0.904. The Bertz CT molecular complexity index is 683. The molecular weight excluding hydrogens is 194 g/mol. The minimum absolute atomic E-state index is 0.904. The van der Waals surface area contributed by atoms with Gasteiger partial charge in [-0.3, -0.25) is 4.98 Å². The smallest absolute Gasteiger partial charge is 0.0714 e. The first-order valence-electron chi connectivity index (χ1n) is 5.13. The van der Waals surface area contributed by atoms with E-state index in [4.69, 9.17) is 6.58 Å². The van der Waals surface area contributed by atoms with Gasteiger partial charge in [-0.05, 0) is 23.1 Å². The lowest BCUT2D eigenvalue weighted by Gasteiger charge is -2.05. The molecule has 0 aliphatic carbocycles. The molecule has 0 atom stereocenters. The Labute approximate surface area is 94.1 Å². The average molecular weight is 203 g/mol. The molecule has 0 saturated carbocycles. The Morgan fingerprint density at radius 3 is 2.94 bits per heavy atom. The number of rotatable bonds is 1. The van der Waals surface area contributed by atoms with Crippen molar-refractivity contribution in [2.45, 2.75) is 0 Å². The molecule has 1 heterocycles. The predicted octanol–water partition coefficient (Wildman–Crippen LogP) is 3.63. The lowest BCUT2D eigenvalue weighted by Crippen LogP contribution is -1.84. The van der Waals surface area contributed by atoms with Crippen LogP contribution in [0.15, 0.2) is 42.6 Å². The van der Waals surface area contributed by atoms with Gasteiger partial charge in [0.2, 0.25) is 0 Å². The molecule has 1 heteroatoms. The van der Waals surface area contributed by atoms with Crippen LogP contribution in [0.3, 0.4) is 0 Å². The molecule has 0 saturated heterocycles. The van der Waals surface area contributed by atoms with Crippen LogP contribution in [0, 0.1) is 12.6 Å². The highest BCUT2D eigenvalue weighted by atomic mass is 14.6. The summed E-state index contributed by atoms with van der Waals surface area (Å²) in [4.78, 5) is 4.42. The number of hydrogen-bond acceptors (Lipinski definition) is 1. The molecule has 0 N–H and O–H groups in total. The zero-order valence-electron chi connectivity index (χ0n) is 8.64. The summed E-state index contributed by atoms with van der Waals surface area (Å²) in [5.74, 6) is 0. The number of aromatic nitrogens is 1. The fraction of sp³-hybridized carbons (Fsp3) is 0. The zero-order chi connectivity index (χ0) is 11.0. The largest absolute Gasteiger partial charge is 0.256 e. The molecule has 0 bridgehead atoms. The van der Waals surface area contributed by atoms with Crippen LogP contribution in [0.4, 0.5) is 0 Å². The fourth-order valence-electron chi connectivity index (χ4n) is 2.00. The van der Waals surface area contributed by atoms with Crippen molar-refractivity contribution in [1.29, 1.82) is 0 Å². The molecule has 0 aliphatic rings. The van der Waals surface area contributed by atoms with Crippen molar-refractivity contribution in [1.82, 2.24) is 4.98 Å². The van der Waals surface area contributed by atoms with Crippen LogP contribution in [-0.4, -0.2) is 4.98 Å². The molecule has 3 rings (SSSR count). The maximum atomic E-state index is 5.62. The number of pyridine rings is 1. The molecule has 0 spiro atoms. The maximum Gasteiger partial charge on any atom is 0.0714 e. The molecule has 0 aliphatic heterocycles. The Kier molecular flexibility index (Phi) is 1.97. The minimum Gasteiger partial charge on any atom is -0.256 e. The maximum absolute atomic E-state index is 5.62. The summed E-state index contributed by atoms with van der Waals surface area (Å²) < 4.78 is 0. The molecule has 1 aromatic heterocycles. The second-order valence-electron chi connectivity index (χ2n) is 3.66. The number of benzene rings is 2. The molecule has 3 aromatic rings. The lowest BCUT2D eigenvalue weighted by atomic mass is 10.0. The van der Waals surface area contributed by atoms with E-state index in [1.165, 1.54) is 5.39 Å². The van der Waals surface area contributed by atoms with Gasteiger partial charge in [-0.15, -0.1) is 0 Å². The van der Waals surface area contributed by atoms with Gasteiger partial charge < -0.3 is 0 Å². The van der Waals surface area contributed by atoms with E-state index < -0.39 is 0 Å². The van der Waals surface area contributed by atoms with Gasteiger partial charge in [0.25, 0.3) is 0 Å². The van der Waals surface area contributed by atoms with Gasteiger partial charge in [-0.2, -0.15) is 0 Å². The third-order valence-electron chi connectivity index (χ3n) is 2.75. The molecule has 2 aromatic carbocycles. The SMILES string of the molecule is [CH]=Cc1[c]ccc2ncc3ccccc3c12. The predicted molar refractivity (Wildman–Crippen MR) is 66.8 cm³/mol. The van der Waals surface area contributed by atoms with E-state index in [-0.39, 0.29) is 0 Å². The van der Waals surface area contributed by atoms with Gasteiger partial charge >= 0.3 is 0 Å². The van der Waals surface area contributed by atoms with Crippen LogP contribution >= 0.6 is 0 Å². The summed E-state index contributed by atoms with van der Waals surface area (Å²) in [6.45, 7) is 5.62. The van der Waals surface area contributed by atoms with Crippen molar-refractivity contribution in [2.24, 2.45) is 0 Å². The molecule has 0 amide bonds. The first kappa shape index (κ1) is 9.10. The standard InChI is InChI=1S/C15H9N/c1-2-11-7-5-9-14-15(11)13-8-4-3-6-12(13)10-16-14/h1-6,8-10H. The molecule has 2 radical (unpaired) electrons. The van der Waals surface area contributed by atoms with Gasteiger partial charge in [0, 0.05) is 17.0 Å². The molecule has 0 fully saturated rings. The van der Waals surface area contributed by atoms with Gasteiger partial charge in [0.15, 0.2) is 0 Å². The highest BCUT2D eigenvalue weighted by Crippen LogP contribution is 2.26. The zero-order valence-corrected chi connectivity index (χ0v) is 8.64. The van der Waals surface area contributed by atoms with Crippen LogP contribution in [0.5, 0.6) is 0 Å². The van der Waals surface area contributed by atoms with Crippen LogP contribution < -0.4 is 0 Å². The quantitative estimate of drug-likeness (QED) is 0.550. The molecule has 0 unspecified atom stereocenters. The van der Waals surface area contributed by atoms with E-state index in [0.717, 1.165) is 21.9 Å². The van der Waals surface area contributed by atoms with Crippen molar-refractivity contribution >= 4 is 27.8 Å². The van der Waals surface area contributed by atoms with Gasteiger partial charge in [0.05, 0.1) is 5.52 Å².